The van der Waals surface area contributed by atoms with Gasteiger partial charge in [0.25, 0.3) is 5.91 Å². The number of carbonyl (C=O) groups is 1. The van der Waals surface area contributed by atoms with Crippen molar-refractivity contribution in [3.8, 4) is 11.5 Å². The van der Waals surface area contributed by atoms with Gasteiger partial charge in [-0.1, -0.05) is 11.3 Å². The average Bonchev–Trinajstić information content (AvgIpc) is 2.99. The quantitative estimate of drug-likeness (QED) is 0.732. The number of rotatable bonds is 2. The Balaban J connectivity index is 1.64. The number of halogens is 3. The van der Waals surface area contributed by atoms with Crippen molar-refractivity contribution >= 4 is 32.6 Å². The smallest absolute Gasteiger partial charge is 0.434 e. The highest BCUT2D eigenvalue weighted by molar-refractivity contribution is 7.22. The molecule has 0 atom stereocenters. The SMILES string of the molecule is O=C(Nc1nc2cc3c(cc2s1)OCCO3)c1cccnc1C(F)(F)F. The summed E-state index contributed by atoms with van der Waals surface area (Å²) >= 11 is 1.13. The minimum Gasteiger partial charge on any atom is -0.486 e. The normalized spacial score (nSPS) is 13.7. The molecule has 4 rings (SSSR count). The summed E-state index contributed by atoms with van der Waals surface area (Å²) < 4.78 is 50.7. The van der Waals surface area contributed by atoms with Gasteiger partial charge in [-0.3, -0.25) is 15.1 Å². The standard InChI is InChI=1S/C16H10F3N3O3S/c17-16(18,19)13-8(2-1-3-20-13)14(23)22-15-21-9-6-10-11(7-12(9)26-15)25-5-4-24-10/h1-3,6-7H,4-5H2,(H,21,22,23). The number of aromatic nitrogens is 2. The maximum Gasteiger partial charge on any atom is 0.434 e. The first kappa shape index (κ1) is 16.6. The van der Waals surface area contributed by atoms with E-state index in [-0.39, 0.29) is 5.13 Å². The molecule has 0 bridgehead atoms. The molecule has 1 N–H and O–H groups in total. The van der Waals surface area contributed by atoms with Gasteiger partial charge in [0, 0.05) is 18.3 Å². The largest absolute Gasteiger partial charge is 0.486 e. The maximum absolute atomic E-state index is 13.0. The number of thiazole rings is 1. The third-order valence-electron chi connectivity index (χ3n) is 3.59. The number of amides is 1. The van der Waals surface area contributed by atoms with Crippen LogP contribution in [0.4, 0.5) is 18.3 Å². The molecular formula is C16H10F3N3O3S. The van der Waals surface area contributed by atoms with Crippen LogP contribution in [0.3, 0.4) is 0 Å². The number of hydrogen-bond donors (Lipinski definition) is 1. The van der Waals surface area contributed by atoms with E-state index < -0.39 is 23.3 Å². The number of carbonyl (C=O) groups excluding carboxylic acids is 1. The highest BCUT2D eigenvalue weighted by atomic mass is 32.1. The molecule has 134 valence electrons. The molecule has 6 nitrogen and oxygen atoms in total. The van der Waals surface area contributed by atoms with Crippen molar-refractivity contribution in [2.75, 3.05) is 18.5 Å². The lowest BCUT2D eigenvalue weighted by atomic mass is 10.2. The number of benzene rings is 1. The summed E-state index contributed by atoms with van der Waals surface area (Å²) in [5.41, 5.74) is -1.25. The summed E-state index contributed by atoms with van der Waals surface area (Å²) in [6.07, 6.45) is -3.74. The van der Waals surface area contributed by atoms with Crippen molar-refractivity contribution in [3.63, 3.8) is 0 Å². The molecule has 3 heterocycles. The van der Waals surface area contributed by atoms with E-state index in [9.17, 15) is 18.0 Å². The number of alkyl halides is 3. The molecule has 1 amide bonds. The molecule has 0 unspecified atom stereocenters. The van der Waals surface area contributed by atoms with Gasteiger partial charge >= 0.3 is 6.18 Å². The second kappa shape index (κ2) is 6.13. The van der Waals surface area contributed by atoms with E-state index in [1.807, 2.05) is 0 Å². The molecule has 0 fully saturated rings. The number of hydrogen-bond acceptors (Lipinski definition) is 6. The molecular weight excluding hydrogens is 371 g/mol. The van der Waals surface area contributed by atoms with Gasteiger partial charge in [-0.05, 0) is 12.1 Å². The lowest BCUT2D eigenvalue weighted by Crippen LogP contribution is -2.20. The first-order valence-electron chi connectivity index (χ1n) is 7.45. The molecule has 1 aromatic carbocycles. The van der Waals surface area contributed by atoms with Crippen LogP contribution in [0.2, 0.25) is 0 Å². The Kier molecular flexibility index (Phi) is 3.91. The number of nitrogens with one attached hydrogen (secondary N) is 1. The number of ether oxygens (including phenoxy) is 2. The van der Waals surface area contributed by atoms with Crippen molar-refractivity contribution < 1.29 is 27.4 Å². The minimum absolute atomic E-state index is 0.171. The summed E-state index contributed by atoms with van der Waals surface area (Å²) in [5, 5.41) is 2.57. The molecule has 10 heteroatoms. The Bertz CT molecular complexity index is 960. The van der Waals surface area contributed by atoms with Crippen molar-refractivity contribution in [2.45, 2.75) is 6.18 Å². The average molecular weight is 381 g/mol. The van der Waals surface area contributed by atoms with Gasteiger partial charge in [-0.15, -0.1) is 0 Å². The lowest BCUT2D eigenvalue weighted by Gasteiger charge is -2.17. The van der Waals surface area contributed by atoms with E-state index in [0.29, 0.717) is 34.9 Å². The number of anilines is 1. The topological polar surface area (TPSA) is 73.3 Å². The van der Waals surface area contributed by atoms with Crippen LogP contribution in [0.25, 0.3) is 10.2 Å². The second-order valence-corrected chi connectivity index (χ2v) is 6.36. The maximum atomic E-state index is 13.0. The third kappa shape index (κ3) is 3.03. The van der Waals surface area contributed by atoms with E-state index in [1.165, 1.54) is 6.07 Å². The summed E-state index contributed by atoms with van der Waals surface area (Å²) in [7, 11) is 0. The van der Waals surface area contributed by atoms with Crippen molar-refractivity contribution in [3.05, 3.63) is 41.7 Å². The molecule has 3 aromatic rings. The summed E-state index contributed by atoms with van der Waals surface area (Å²) in [4.78, 5) is 19.8. The van der Waals surface area contributed by atoms with Crippen LogP contribution in [0.1, 0.15) is 16.1 Å². The van der Waals surface area contributed by atoms with E-state index in [0.717, 1.165) is 23.6 Å². The molecule has 26 heavy (non-hydrogen) atoms. The number of pyridine rings is 1. The van der Waals surface area contributed by atoms with Crippen LogP contribution in [0, 0.1) is 0 Å². The molecule has 0 saturated heterocycles. The predicted molar refractivity (Wildman–Crippen MR) is 87.8 cm³/mol. The van der Waals surface area contributed by atoms with E-state index >= 15 is 0 Å². The van der Waals surface area contributed by atoms with Crippen molar-refractivity contribution in [1.82, 2.24) is 9.97 Å². The fourth-order valence-corrected chi connectivity index (χ4v) is 3.37. The third-order valence-corrected chi connectivity index (χ3v) is 4.53. The zero-order valence-electron chi connectivity index (χ0n) is 13.0. The Hall–Kier alpha value is -2.88. The highest BCUT2D eigenvalue weighted by Crippen LogP contribution is 2.38. The van der Waals surface area contributed by atoms with Gasteiger partial charge in [-0.2, -0.15) is 13.2 Å². The minimum atomic E-state index is -4.73. The Morgan fingerprint density at radius 2 is 1.92 bits per heavy atom. The van der Waals surface area contributed by atoms with Gasteiger partial charge in [-0.25, -0.2) is 4.98 Å². The van der Waals surface area contributed by atoms with Gasteiger partial charge in [0.15, 0.2) is 22.3 Å². The molecule has 0 aliphatic carbocycles. The molecule has 0 spiro atoms. The van der Waals surface area contributed by atoms with E-state index in [4.69, 9.17) is 9.47 Å². The fraction of sp³-hybridized carbons (Fsp3) is 0.188. The van der Waals surface area contributed by atoms with Gasteiger partial charge in [0.05, 0.1) is 15.8 Å². The summed E-state index contributed by atoms with van der Waals surface area (Å²) in [6, 6.07) is 5.73. The zero-order valence-corrected chi connectivity index (χ0v) is 13.8. The first-order valence-corrected chi connectivity index (χ1v) is 8.27. The Labute approximate surface area is 148 Å². The zero-order chi connectivity index (χ0) is 18.3. The highest BCUT2D eigenvalue weighted by Gasteiger charge is 2.37. The number of fused-ring (bicyclic) bond motifs is 2. The van der Waals surface area contributed by atoms with Crippen LogP contribution in [-0.4, -0.2) is 29.1 Å². The van der Waals surface area contributed by atoms with Crippen molar-refractivity contribution in [1.29, 1.82) is 0 Å². The monoisotopic (exact) mass is 381 g/mol. The molecule has 0 saturated carbocycles. The second-order valence-electron chi connectivity index (χ2n) is 5.33. The van der Waals surface area contributed by atoms with Crippen LogP contribution in [-0.2, 0) is 6.18 Å². The molecule has 0 radical (unpaired) electrons. The van der Waals surface area contributed by atoms with Gasteiger partial charge < -0.3 is 9.47 Å². The van der Waals surface area contributed by atoms with Crippen LogP contribution >= 0.6 is 11.3 Å². The predicted octanol–water partition coefficient (Wildman–Crippen LogP) is 3.73. The van der Waals surface area contributed by atoms with Crippen LogP contribution < -0.4 is 14.8 Å². The van der Waals surface area contributed by atoms with Crippen LogP contribution in [0.15, 0.2) is 30.5 Å². The Morgan fingerprint density at radius 3 is 2.65 bits per heavy atom. The molecule has 1 aliphatic rings. The molecule has 2 aromatic heterocycles. The van der Waals surface area contributed by atoms with Crippen molar-refractivity contribution in [2.24, 2.45) is 0 Å². The molecule has 1 aliphatic heterocycles. The fourth-order valence-electron chi connectivity index (χ4n) is 2.50. The number of nitrogens with zero attached hydrogens (tertiary/aromatic N) is 2. The van der Waals surface area contributed by atoms with Crippen LogP contribution in [0.5, 0.6) is 11.5 Å². The van der Waals surface area contributed by atoms with Gasteiger partial charge in [0.2, 0.25) is 0 Å². The van der Waals surface area contributed by atoms with E-state index in [2.05, 4.69) is 15.3 Å². The van der Waals surface area contributed by atoms with E-state index in [1.54, 1.807) is 12.1 Å². The summed E-state index contributed by atoms with van der Waals surface area (Å²) in [6.45, 7) is 0.857. The lowest BCUT2D eigenvalue weighted by molar-refractivity contribution is -0.141. The Morgan fingerprint density at radius 1 is 1.19 bits per heavy atom. The van der Waals surface area contributed by atoms with Gasteiger partial charge in [0.1, 0.15) is 13.2 Å². The summed E-state index contributed by atoms with van der Waals surface area (Å²) in [5.74, 6) is 0.178. The first-order chi connectivity index (χ1) is 12.4.